The standard InChI is InChI=1S/C13H17N3O2/c1-4-5-12-14-15-13(17)16(12)11-7-6-10(18-3)8-9(11)2/h6-8H,4-5H2,1-3H3,(H,15,17). The molecule has 0 aliphatic rings. The summed E-state index contributed by atoms with van der Waals surface area (Å²) in [7, 11) is 1.63. The van der Waals surface area contributed by atoms with Crippen molar-refractivity contribution in [1.29, 1.82) is 0 Å². The summed E-state index contributed by atoms with van der Waals surface area (Å²) in [6.45, 7) is 4.01. The Morgan fingerprint density at radius 2 is 2.22 bits per heavy atom. The van der Waals surface area contributed by atoms with Crippen molar-refractivity contribution in [2.75, 3.05) is 7.11 Å². The summed E-state index contributed by atoms with van der Waals surface area (Å²) < 4.78 is 6.79. The smallest absolute Gasteiger partial charge is 0.347 e. The third-order valence-electron chi connectivity index (χ3n) is 2.86. The second kappa shape index (κ2) is 5.08. The van der Waals surface area contributed by atoms with E-state index in [1.807, 2.05) is 25.1 Å². The summed E-state index contributed by atoms with van der Waals surface area (Å²) in [6, 6.07) is 5.63. The van der Waals surface area contributed by atoms with Gasteiger partial charge in [-0.3, -0.25) is 0 Å². The third-order valence-corrected chi connectivity index (χ3v) is 2.86. The van der Waals surface area contributed by atoms with E-state index in [0.717, 1.165) is 35.7 Å². The minimum absolute atomic E-state index is 0.202. The SMILES string of the molecule is CCCc1n[nH]c(=O)n1-c1ccc(OC)cc1C. The van der Waals surface area contributed by atoms with Gasteiger partial charge in [0.25, 0.3) is 0 Å². The molecule has 5 nitrogen and oxygen atoms in total. The predicted octanol–water partition coefficient (Wildman–Crippen LogP) is 1.83. The summed E-state index contributed by atoms with van der Waals surface area (Å²) in [5, 5.41) is 6.56. The summed E-state index contributed by atoms with van der Waals surface area (Å²) >= 11 is 0. The molecule has 0 saturated carbocycles. The number of nitrogens with one attached hydrogen (secondary N) is 1. The lowest BCUT2D eigenvalue weighted by atomic mass is 10.2. The highest BCUT2D eigenvalue weighted by atomic mass is 16.5. The van der Waals surface area contributed by atoms with Crippen LogP contribution in [0.3, 0.4) is 0 Å². The Bertz CT molecular complexity index is 599. The number of hydrogen-bond acceptors (Lipinski definition) is 3. The maximum Gasteiger partial charge on any atom is 0.347 e. The van der Waals surface area contributed by atoms with E-state index >= 15 is 0 Å². The molecule has 1 N–H and O–H groups in total. The topological polar surface area (TPSA) is 59.9 Å². The molecule has 0 radical (unpaired) electrons. The summed E-state index contributed by atoms with van der Waals surface area (Å²) in [6.07, 6.45) is 1.71. The molecule has 0 unspecified atom stereocenters. The zero-order valence-electron chi connectivity index (χ0n) is 10.9. The normalized spacial score (nSPS) is 10.6. The fourth-order valence-corrected chi connectivity index (χ4v) is 1.98. The average Bonchev–Trinajstić information content (AvgIpc) is 2.71. The van der Waals surface area contributed by atoms with Crippen LogP contribution >= 0.6 is 0 Å². The van der Waals surface area contributed by atoms with Crippen LogP contribution in [0.2, 0.25) is 0 Å². The molecule has 0 aliphatic carbocycles. The Balaban J connectivity index is 2.54. The monoisotopic (exact) mass is 247 g/mol. The number of nitrogens with zero attached hydrogens (tertiary/aromatic N) is 2. The lowest BCUT2D eigenvalue weighted by Gasteiger charge is -2.10. The van der Waals surface area contributed by atoms with Crippen LogP contribution in [0.5, 0.6) is 5.75 Å². The van der Waals surface area contributed by atoms with Crippen LogP contribution in [0, 0.1) is 6.92 Å². The van der Waals surface area contributed by atoms with E-state index in [1.54, 1.807) is 11.7 Å². The molecule has 0 bridgehead atoms. The van der Waals surface area contributed by atoms with Crippen molar-refractivity contribution in [2.45, 2.75) is 26.7 Å². The van der Waals surface area contributed by atoms with Crippen LogP contribution in [-0.2, 0) is 6.42 Å². The number of hydrogen-bond donors (Lipinski definition) is 1. The number of benzene rings is 1. The molecule has 0 spiro atoms. The van der Waals surface area contributed by atoms with Crippen molar-refractivity contribution in [3.63, 3.8) is 0 Å². The van der Waals surface area contributed by atoms with Crippen molar-refractivity contribution in [3.8, 4) is 11.4 Å². The molecule has 1 heterocycles. The number of aromatic amines is 1. The highest BCUT2D eigenvalue weighted by Crippen LogP contribution is 2.20. The Morgan fingerprint density at radius 1 is 1.44 bits per heavy atom. The van der Waals surface area contributed by atoms with Gasteiger partial charge in [0.2, 0.25) is 0 Å². The first-order chi connectivity index (χ1) is 8.67. The van der Waals surface area contributed by atoms with Crippen molar-refractivity contribution >= 4 is 0 Å². The number of rotatable bonds is 4. The van der Waals surface area contributed by atoms with E-state index in [0.29, 0.717) is 0 Å². The fraction of sp³-hybridized carbons (Fsp3) is 0.385. The van der Waals surface area contributed by atoms with Gasteiger partial charge >= 0.3 is 5.69 Å². The molecule has 1 aromatic carbocycles. The molecular formula is C13H17N3O2. The van der Waals surface area contributed by atoms with Crippen LogP contribution in [0.15, 0.2) is 23.0 Å². The fourth-order valence-electron chi connectivity index (χ4n) is 1.98. The molecule has 18 heavy (non-hydrogen) atoms. The highest BCUT2D eigenvalue weighted by molar-refractivity contribution is 5.45. The highest BCUT2D eigenvalue weighted by Gasteiger charge is 2.11. The summed E-state index contributed by atoms with van der Waals surface area (Å²) in [4.78, 5) is 11.8. The van der Waals surface area contributed by atoms with Crippen LogP contribution in [0.1, 0.15) is 24.7 Å². The number of aromatic nitrogens is 3. The van der Waals surface area contributed by atoms with E-state index < -0.39 is 0 Å². The maximum atomic E-state index is 11.8. The Hall–Kier alpha value is -2.04. The van der Waals surface area contributed by atoms with Gasteiger partial charge in [-0.1, -0.05) is 6.92 Å². The molecule has 0 fully saturated rings. The zero-order chi connectivity index (χ0) is 13.1. The van der Waals surface area contributed by atoms with Crippen LogP contribution < -0.4 is 10.4 Å². The van der Waals surface area contributed by atoms with E-state index in [9.17, 15) is 4.79 Å². The quantitative estimate of drug-likeness (QED) is 0.896. The molecule has 0 saturated heterocycles. The minimum Gasteiger partial charge on any atom is -0.497 e. The number of methoxy groups -OCH3 is 1. The summed E-state index contributed by atoms with van der Waals surface area (Å²) in [5.74, 6) is 1.54. The first-order valence-corrected chi connectivity index (χ1v) is 5.98. The third kappa shape index (κ3) is 2.16. The van der Waals surface area contributed by atoms with Crippen molar-refractivity contribution in [3.05, 3.63) is 40.1 Å². The number of H-pyrrole nitrogens is 1. The number of aryl methyl sites for hydroxylation is 2. The van der Waals surface area contributed by atoms with Gasteiger partial charge in [-0.25, -0.2) is 14.5 Å². The van der Waals surface area contributed by atoms with E-state index in [4.69, 9.17) is 4.74 Å². The van der Waals surface area contributed by atoms with Gasteiger partial charge in [0, 0.05) is 6.42 Å². The molecule has 96 valence electrons. The molecule has 0 amide bonds. The molecule has 1 aromatic heterocycles. The molecule has 2 rings (SSSR count). The second-order valence-electron chi connectivity index (χ2n) is 4.18. The second-order valence-corrected chi connectivity index (χ2v) is 4.18. The summed E-state index contributed by atoms with van der Waals surface area (Å²) in [5.41, 5.74) is 1.62. The minimum atomic E-state index is -0.202. The van der Waals surface area contributed by atoms with Crippen molar-refractivity contribution < 1.29 is 4.74 Å². The van der Waals surface area contributed by atoms with Gasteiger partial charge < -0.3 is 4.74 Å². The van der Waals surface area contributed by atoms with Gasteiger partial charge in [0.15, 0.2) is 0 Å². The van der Waals surface area contributed by atoms with E-state index in [-0.39, 0.29) is 5.69 Å². The molecule has 2 aromatic rings. The van der Waals surface area contributed by atoms with Gasteiger partial charge in [0.1, 0.15) is 11.6 Å². The van der Waals surface area contributed by atoms with Gasteiger partial charge in [0.05, 0.1) is 12.8 Å². The van der Waals surface area contributed by atoms with Crippen molar-refractivity contribution in [2.24, 2.45) is 0 Å². The Kier molecular flexibility index (Phi) is 3.50. The Labute approximate surface area is 105 Å². The van der Waals surface area contributed by atoms with Gasteiger partial charge in [-0.15, -0.1) is 0 Å². The average molecular weight is 247 g/mol. The largest absolute Gasteiger partial charge is 0.497 e. The van der Waals surface area contributed by atoms with Gasteiger partial charge in [-0.2, -0.15) is 5.10 Å². The van der Waals surface area contributed by atoms with Crippen LogP contribution in [0.4, 0.5) is 0 Å². The Morgan fingerprint density at radius 3 is 2.83 bits per heavy atom. The molecule has 5 heteroatoms. The lowest BCUT2D eigenvalue weighted by Crippen LogP contribution is -2.17. The van der Waals surface area contributed by atoms with Gasteiger partial charge in [-0.05, 0) is 37.1 Å². The van der Waals surface area contributed by atoms with Crippen LogP contribution in [-0.4, -0.2) is 21.9 Å². The predicted molar refractivity (Wildman–Crippen MR) is 69.5 cm³/mol. The molecule has 0 aliphatic heterocycles. The zero-order valence-corrected chi connectivity index (χ0v) is 10.9. The van der Waals surface area contributed by atoms with Crippen molar-refractivity contribution in [1.82, 2.24) is 14.8 Å². The molecule has 0 atom stereocenters. The lowest BCUT2D eigenvalue weighted by molar-refractivity contribution is 0.414. The van der Waals surface area contributed by atoms with E-state index in [2.05, 4.69) is 17.1 Å². The first kappa shape index (κ1) is 12.4. The van der Waals surface area contributed by atoms with Crippen LogP contribution in [0.25, 0.3) is 5.69 Å². The maximum absolute atomic E-state index is 11.8. The number of ether oxygens (including phenoxy) is 1. The first-order valence-electron chi connectivity index (χ1n) is 5.98. The molecular weight excluding hydrogens is 230 g/mol. The van der Waals surface area contributed by atoms with E-state index in [1.165, 1.54) is 0 Å².